The molecule has 12 heteroatoms. The summed E-state index contributed by atoms with van der Waals surface area (Å²) in [5.41, 5.74) is 3.38. The fourth-order valence-corrected chi connectivity index (χ4v) is 5.62. The Balaban J connectivity index is 0.000000142. The van der Waals surface area contributed by atoms with Crippen LogP contribution in [-0.4, -0.2) is 49.1 Å². The van der Waals surface area contributed by atoms with E-state index in [1.807, 2.05) is 88.2 Å². The lowest BCUT2D eigenvalue weighted by Crippen LogP contribution is -2.19. The molecule has 0 saturated carbocycles. The number of hydrogen-bond donors (Lipinski definition) is 2. The summed E-state index contributed by atoms with van der Waals surface area (Å²) < 4.78 is 8.47. The van der Waals surface area contributed by atoms with Gasteiger partial charge in [-0.2, -0.15) is 10.2 Å². The zero-order valence-corrected chi connectivity index (χ0v) is 27.0. The summed E-state index contributed by atoms with van der Waals surface area (Å²) in [7, 11) is 0. The zero-order chi connectivity index (χ0) is 32.0. The predicted octanol–water partition coefficient (Wildman–Crippen LogP) is 6.17. The van der Waals surface area contributed by atoms with Crippen molar-refractivity contribution in [3.8, 4) is 0 Å². The molecular weight excluding hydrogens is 623 g/mol. The quantitative estimate of drug-likeness (QED) is 0.181. The highest BCUT2D eigenvalue weighted by molar-refractivity contribution is 6.30. The summed E-state index contributed by atoms with van der Waals surface area (Å²) in [4.78, 5) is 18.5. The first kappa shape index (κ1) is 33.3. The standard InChI is InChI=1S/2C13H15ClN4.C8H8O2/c2*14-11-5-3-10(4-6-11)8-18-13(16-9-17-18)12-2-1-7-15-12;9-7-10-6-8-4-2-1-3-5-8/h2*3-6,9,12,15H,1-2,7-8H2;1-5,7H,6H2/t2*12-;/m11./s1. The first-order valence-corrected chi connectivity index (χ1v) is 16.1. The van der Waals surface area contributed by atoms with Crippen LogP contribution in [0.2, 0.25) is 10.0 Å². The van der Waals surface area contributed by atoms with Crippen LogP contribution < -0.4 is 10.6 Å². The van der Waals surface area contributed by atoms with Crippen LogP contribution in [0.25, 0.3) is 0 Å². The number of benzene rings is 3. The number of nitrogens with zero attached hydrogens (tertiary/aromatic N) is 6. The molecule has 2 saturated heterocycles. The molecule has 7 rings (SSSR count). The molecule has 3 aromatic carbocycles. The minimum atomic E-state index is 0.347. The van der Waals surface area contributed by atoms with Crippen molar-refractivity contribution in [2.75, 3.05) is 13.1 Å². The molecule has 2 N–H and O–H groups in total. The molecule has 0 spiro atoms. The van der Waals surface area contributed by atoms with Crippen molar-refractivity contribution >= 4 is 29.7 Å². The van der Waals surface area contributed by atoms with E-state index in [1.54, 1.807) is 12.7 Å². The number of hydrogen-bond acceptors (Lipinski definition) is 8. The molecule has 10 nitrogen and oxygen atoms in total. The first-order valence-electron chi connectivity index (χ1n) is 15.4. The van der Waals surface area contributed by atoms with Gasteiger partial charge >= 0.3 is 0 Å². The molecule has 0 amide bonds. The molecule has 5 aromatic rings. The van der Waals surface area contributed by atoms with E-state index in [0.29, 0.717) is 25.2 Å². The summed E-state index contributed by atoms with van der Waals surface area (Å²) in [5.74, 6) is 2.06. The van der Waals surface area contributed by atoms with E-state index in [0.717, 1.165) is 66.3 Å². The van der Waals surface area contributed by atoms with Gasteiger partial charge in [-0.3, -0.25) is 4.79 Å². The Morgan fingerprint density at radius 2 is 1.17 bits per heavy atom. The molecule has 240 valence electrons. The number of ether oxygens (including phenoxy) is 1. The molecule has 2 fully saturated rings. The van der Waals surface area contributed by atoms with Gasteiger partial charge in [0.2, 0.25) is 0 Å². The van der Waals surface area contributed by atoms with Crippen LogP contribution in [-0.2, 0) is 29.2 Å². The lowest BCUT2D eigenvalue weighted by atomic mass is 10.2. The van der Waals surface area contributed by atoms with E-state index < -0.39 is 0 Å². The maximum absolute atomic E-state index is 9.76. The summed E-state index contributed by atoms with van der Waals surface area (Å²) in [6.45, 7) is 4.43. The lowest BCUT2D eigenvalue weighted by molar-refractivity contribution is -0.129. The van der Waals surface area contributed by atoms with Gasteiger partial charge in [-0.05, 0) is 79.7 Å². The second-order valence-corrected chi connectivity index (χ2v) is 11.9. The summed E-state index contributed by atoms with van der Waals surface area (Å²) in [6, 6.07) is 26.0. The lowest BCUT2D eigenvalue weighted by Gasteiger charge is -2.11. The Hall–Kier alpha value is -4.09. The first-order chi connectivity index (χ1) is 22.6. The monoisotopic (exact) mass is 660 g/mol. The van der Waals surface area contributed by atoms with Gasteiger partial charge in [-0.25, -0.2) is 19.3 Å². The molecule has 4 heterocycles. The molecule has 2 aromatic heterocycles. The van der Waals surface area contributed by atoms with Crippen molar-refractivity contribution in [2.24, 2.45) is 0 Å². The minimum Gasteiger partial charge on any atom is -0.463 e. The van der Waals surface area contributed by atoms with Crippen molar-refractivity contribution in [3.63, 3.8) is 0 Å². The number of carbonyl (C=O) groups excluding carboxylic acids is 1. The zero-order valence-electron chi connectivity index (χ0n) is 25.5. The summed E-state index contributed by atoms with van der Waals surface area (Å²) in [5, 5.41) is 17.0. The van der Waals surface area contributed by atoms with E-state index in [-0.39, 0.29) is 0 Å². The summed E-state index contributed by atoms with van der Waals surface area (Å²) in [6.07, 6.45) is 7.95. The van der Waals surface area contributed by atoms with Crippen LogP contribution in [0.3, 0.4) is 0 Å². The SMILES string of the molecule is Clc1ccc(Cn2ncnc2[C@H]2CCCN2)cc1.Clc1ccc(Cn2ncnc2[C@H]2CCCN2)cc1.O=COCc1ccccc1. The van der Waals surface area contributed by atoms with E-state index in [2.05, 4.69) is 35.5 Å². The number of nitrogens with one attached hydrogen (secondary N) is 2. The Labute approximate surface area is 279 Å². The highest BCUT2D eigenvalue weighted by Gasteiger charge is 2.22. The molecule has 0 aliphatic carbocycles. The van der Waals surface area contributed by atoms with Crippen LogP contribution in [0.1, 0.15) is 66.1 Å². The largest absolute Gasteiger partial charge is 0.463 e. The third kappa shape index (κ3) is 9.95. The number of halogens is 2. The van der Waals surface area contributed by atoms with E-state index in [9.17, 15) is 4.79 Å². The van der Waals surface area contributed by atoms with Gasteiger partial charge in [0, 0.05) is 10.0 Å². The Morgan fingerprint density at radius 1 is 0.696 bits per heavy atom. The summed E-state index contributed by atoms with van der Waals surface area (Å²) >= 11 is 11.8. The van der Waals surface area contributed by atoms with Crippen LogP contribution in [0.5, 0.6) is 0 Å². The maximum atomic E-state index is 9.76. The van der Waals surface area contributed by atoms with E-state index in [4.69, 9.17) is 23.2 Å². The molecule has 0 unspecified atom stereocenters. The molecular formula is C34H38Cl2N8O2. The van der Waals surface area contributed by atoms with Gasteiger partial charge in [-0.1, -0.05) is 77.8 Å². The fourth-order valence-electron chi connectivity index (χ4n) is 5.37. The van der Waals surface area contributed by atoms with Gasteiger partial charge in [0.1, 0.15) is 30.9 Å². The van der Waals surface area contributed by atoms with Crippen molar-refractivity contribution in [2.45, 2.75) is 57.5 Å². The van der Waals surface area contributed by atoms with E-state index in [1.165, 1.54) is 24.0 Å². The van der Waals surface area contributed by atoms with Crippen molar-refractivity contribution < 1.29 is 9.53 Å². The number of rotatable bonds is 9. The average Bonchev–Trinajstić information content (AvgIpc) is 3.92. The van der Waals surface area contributed by atoms with Gasteiger partial charge in [0.25, 0.3) is 6.47 Å². The van der Waals surface area contributed by atoms with Gasteiger partial charge in [0.05, 0.1) is 25.2 Å². The predicted molar refractivity (Wildman–Crippen MR) is 178 cm³/mol. The third-order valence-electron chi connectivity index (χ3n) is 7.69. The van der Waals surface area contributed by atoms with Crippen molar-refractivity contribution in [1.82, 2.24) is 40.2 Å². The number of aromatic nitrogens is 6. The number of carbonyl (C=O) groups is 1. The highest BCUT2D eigenvalue weighted by atomic mass is 35.5. The Morgan fingerprint density at radius 3 is 1.59 bits per heavy atom. The topological polar surface area (TPSA) is 112 Å². The smallest absolute Gasteiger partial charge is 0.293 e. The van der Waals surface area contributed by atoms with Crippen LogP contribution >= 0.6 is 23.2 Å². The molecule has 2 atom stereocenters. The second kappa shape index (κ2) is 17.6. The molecule has 0 bridgehead atoms. The molecule has 0 radical (unpaired) electrons. The van der Waals surface area contributed by atoms with Crippen molar-refractivity contribution in [1.29, 1.82) is 0 Å². The Kier molecular flexibility index (Phi) is 12.7. The minimum absolute atomic E-state index is 0.347. The van der Waals surface area contributed by atoms with Crippen LogP contribution in [0, 0.1) is 0 Å². The average molecular weight is 662 g/mol. The molecule has 2 aliphatic heterocycles. The van der Waals surface area contributed by atoms with Gasteiger partial charge in [-0.15, -0.1) is 0 Å². The normalized spacial score (nSPS) is 17.0. The molecule has 2 aliphatic rings. The second-order valence-electron chi connectivity index (χ2n) is 11.0. The highest BCUT2D eigenvalue weighted by Crippen LogP contribution is 2.23. The van der Waals surface area contributed by atoms with Gasteiger partial charge < -0.3 is 15.4 Å². The van der Waals surface area contributed by atoms with Crippen LogP contribution in [0.4, 0.5) is 0 Å². The van der Waals surface area contributed by atoms with Crippen molar-refractivity contribution in [3.05, 3.63) is 130 Å². The third-order valence-corrected chi connectivity index (χ3v) is 8.19. The Bertz CT molecular complexity index is 1500. The maximum Gasteiger partial charge on any atom is 0.293 e. The fraction of sp³-hybridized carbons (Fsp3) is 0.324. The van der Waals surface area contributed by atoms with Gasteiger partial charge in [0.15, 0.2) is 0 Å². The van der Waals surface area contributed by atoms with Crippen LogP contribution in [0.15, 0.2) is 91.5 Å². The van der Waals surface area contributed by atoms with E-state index >= 15 is 0 Å². The molecule has 46 heavy (non-hydrogen) atoms.